The lowest BCUT2D eigenvalue weighted by Crippen LogP contribution is -2.12. The van der Waals surface area contributed by atoms with Crippen LogP contribution in [0.2, 0.25) is 0 Å². The monoisotopic (exact) mass is 305 g/mol. The van der Waals surface area contributed by atoms with E-state index in [4.69, 9.17) is 5.11 Å². The highest BCUT2D eigenvalue weighted by molar-refractivity contribution is 7.11. The molecule has 2 aromatic rings. The molecule has 0 aliphatic heterocycles. The number of carbonyl (C=O) groups excluding carboxylic acids is 1. The quantitative estimate of drug-likeness (QED) is 0.849. The van der Waals surface area contributed by atoms with Gasteiger partial charge in [0.1, 0.15) is 5.82 Å². The van der Waals surface area contributed by atoms with Gasteiger partial charge in [-0.2, -0.15) is 0 Å². The first-order chi connectivity index (χ1) is 9.97. The smallest absolute Gasteiger partial charge is 0.337 e. The van der Waals surface area contributed by atoms with Crippen LogP contribution in [0.5, 0.6) is 0 Å². The second-order valence-corrected chi connectivity index (χ2v) is 5.23. The Bertz CT molecular complexity index is 721. The molecule has 0 saturated heterocycles. The molecule has 0 fully saturated rings. The van der Waals surface area contributed by atoms with Gasteiger partial charge in [0.25, 0.3) is 0 Å². The number of hydrogen-bond donors (Lipinski definition) is 2. The van der Waals surface area contributed by atoms with E-state index in [1.54, 1.807) is 6.08 Å². The van der Waals surface area contributed by atoms with Gasteiger partial charge < -0.3 is 10.4 Å². The van der Waals surface area contributed by atoms with Gasteiger partial charge in [0.2, 0.25) is 5.91 Å². The van der Waals surface area contributed by atoms with Crippen LogP contribution in [-0.4, -0.2) is 17.0 Å². The van der Waals surface area contributed by atoms with Crippen molar-refractivity contribution >= 4 is 35.0 Å². The Morgan fingerprint density at radius 3 is 2.71 bits per heavy atom. The van der Waals surface area contributed by atoms with Gasteiger partial charge in [-0.25, -0.2) is 9.18 Å². The zero-order valence-electron chi connectivity index (χ0n) is 11.1. The second-order valence-electron chi connectivity index (χ2n) is 4.29. The number of aryl methyl sites for hydroxylation is 1. The van der Waals surface area contributed by atoms with E-state index in [9.17, 15) is 14.0 Å². The number of benzene rings is 1. The van der Waals surface area contributed by atoms with Crippen LogP contribution in [0, 0.1) is 12.7 Å². The number of thiophene rings is 1. The SMILES string of the molecule is Cc1ccsc1/C=C/C(=O)Nc1cc(F)ccc1C(=O)O. The van der Waals surface area contributed by atoms with Crippen molar-refractivity contribution in [2.24, 2.45) is 0 Å². The van der Waals surface area contributed by atoms with Gasteiger partial charge in [-0.1, -0.05) is 0 Å². The molecule has 108 valence electrons. The van der Waals surface area contributed by atoms with Crippen molar-refractivity contribution in [1.82, 2.24) is 0 Å². The van der Waals surface area contributed by atoms with Crippen molar-refractivity contribution < 1.29 is 19.1 Å². The molecule has 2 N–H and O–H groups in total. The van der Waals surface area contributed by atoms with Crippen LogP contribution in [0.1, 0.15) is 20.8 Å². The molecule has 0 saturated carbocycles. The van der Waals surface area contributed by atoms with E-state index in [1.165, 1.54) is 17.4 Å². The summed E-state index contributed by atoms with van der Waals surface area (Å²) in [5, 5.41) is 13.3. The summed E-state index contributed by atoms with van der Waals surface area (Å²) in [7, 11) is 0. The van der Waals surface area contributed by atoms with E-state index in [0.29, 0.717) is 0 Å². The lowest BCUT2D eigenvalue weighted by molar-refractivity contribution is -0.111. The Morgan fingerprint density at radius 2 is 2.10 bits per heavy atom. The van der Waals surface area contributed by atoms with E-state index >= 15 is 0 Å². The number of halogens is 1. The molecule has 1 aromatic heterocycles. The average Bonchev–Trinajstić information content (AvgIpc) is 2.81. The van der Waals surface area contributed by atoms with Gasteiger partial charge in [-0.3, -0.25) is 4.79 Å². The van der Waals surface area contributed by atoms with E-state index < -0.39 is 17.7 Å². The van der Waals surface area contributed by atoms with Crippen molar-refractivity contribution in [1.29, 1.82) is 0 Å². The summed E-state index contributed by atoms with van der Waals surface area (Å²) in [6.07, 6.45) is 2.92. The molecule has 0 radical (unpaired) electrons. The Morgan fingerprint density at radius 1 is 1.33 bits per heavy atom. The third-order valence-corrected chi connectivity index (χ3v) is 3.74. The van der Waals surface area contributed by atoms with Gasteiger partial charge in [0.15, 0.2) is 0 Å². The number of carboxylic acid groups (broad SMARTS) is 1. The highest BCUT2D eigenvalue weighted by atomic mass is 32.1. The highest BCUT2D eigenvalue weighted by Crippen LogP contribution is 2.19. The maximum atomic E-state index is 13.2. The second kappa shape index (κ2) is 6.32. The molecule has 2 rings (SSSR count). The molecule has 21 heavy (non-hydrogen) atoms. The topological polar surface area (TPSA) is 66.4 Å². The Hall–Kier alpha value is -2.47. The summed E-state index contributed by atoms with van der Waals surface area (Å²) in [5.41, 5.74) is 0.812. The molecule has 0 unspecified atom stereocenters. The number of carboxylic acids is 1. The van der Waals surface area contributed by atoms with Crippen LogP contribution in [0.3, 0.4) is 0 Å². The van der Waals surface area contributed by atoms with Crippen molar-refractivity contribution in [3.8, 4) is 0 Å². The number of carbonyl (C=O) groups is 2. The summed E-state index contributed by atoms with van der Waals surface area (Å²) in [6, 6.07) is 5.05. The fraction of sp³-hybridized carbons (Fsp3) is 0.0667. The summed E-state index contributed by atoms with van der Waals surface area (Å²) in [6.45, 7) is 1.92. The van der Waals surface area contributed by atoms with Gasteiger partial charge in [-0.15, -0.1) is 11.3 Å². The zero-order chi connectivity index (χ0) is 15.4. The first-order valence-corrected chi connectivity index (χ1v) is 6.91. The molecule has 1 aromatic carbocycles. The minimum absolute atomic E-state index is 0.0694. The molecular formula is C15H12FNO3S. The van der Waals surface area contributed by atoms with Crippen molar-refractivity contribution in [2.45, 2.75) is 6.92 Å². The molecule has 4 nitrogen and oxygen atoms in total. The number of nitrogens with one attached hydrogen (secondary N) is 1. The standard InChI is InChI=1S/C15H12FNO3S/c1-9-6-7-21-13(9)4-5-14(18)17-12-8-10(16)2-3-11(12)15(19)20/h2-8H,1H3,(H,17,18)(H,19,20)/b5-4+. The Balaban J connectivity index is 2.16. The largest absolute Gasteiger partial charge is 0.478 e. The number of hydrogen-bond acceptors (Lipinski definition) is 3. The maximum absolute atomic E-state index is 13.2. The lowest BCUT2D eigenvalue weighted by atomic mass is 10.1. The van der Waals surface area contributed by atoms with Crippen molar-refractivity contribution in [3.05, 3.63) is 57.5 Å². The van der Waals surface area contributed by atoms with Gasteiger partial charge >= 0.3 is 5.97 Å². The first kappa shape index (κ1) is 14.9. The predicted molar refractivity (Wildman–Crippen MR) is 80.1 cm³/mol. The first-order valence-electron chi connectivity index (χ1n) is 6.03. The summed E-state index contributed by atoms with van der Waals surface area (Å²) < 4.78 is 13.2. The lowest BCUT2D eigenvalue weighted by Gasteiger charge is -2.06. The van der Waals surface area contributed by atoms with Crippen LogP contribution in [0.25, 0.3) is 6.08 Å². The molecule has 0 bridgehead atoms. The fourth-order valence-corrected chi connectivity index (χ4v) is 2.51. The third-order valence-electron chi connectivity index (χ3n) is 2.76. The van der Waals surface area contributed by atoms with E-state index in [2.05, 4.69) is 5.32 Å². The Kier molecular flexibility index (Phi) is 4.49. The highest BCUT2D eigenvalue weighted by Gasteiger charge is 2.12. The van der Waals surface area contributed by atoms with Crippen LogP contribution in [0.4, 0.5) is 10.1 Å². The average molecular weight is 305 g/mol. The number of amides is 1. The zero-order valence-corrected chi connectivity index (χ0v) is 11.9. The van der Waals surface area contributed by atoms with Crippen LogP contribution >= 0.6 is 11.3 Å². The predicted octanol–water partition coefficient (Wildman–Crippen LogP) is 3.55. The number of rotatable bonds is 4. The van der Waals surface area contributed by atoms with Gasteiger partial charge in [0, 0.05) is 11.0 Å². The Labute approximate surface area is 124 Å². The number of anilines is 1. The van der Waals surface area contributed by atoms with Crippen LogP contribution in [-0.2, 0) is 4.79 Å². The fourth-order valence-electron chi connectivity index (χ4n) is 1.69. The summed E-state index contributed by atoms with van der Waals surface area (Å²) in [5.74, 6) is -2.37. The minimum Gasteiger partial charge on any atom is -0.478 e. The summed E-state index contributed by atoms with van der Waals surface area (Å²) >= 11 is 1.49. The van der Waals surface area contributed by atoms with E-state index in [0.717, 1.165) is 28.6 Å². The number of aromatic carboxylic acids is 1. The molecule has 0 aliphatic carbocycles. The van der Waals surface area contributed by atoms with E-state index in [-0.39, 0.29) is 11.3 Å². The molecule has 1 amide bonds. The maximum Gasteiger partial charge on any atom is 0.337 e. The van der Waals surface area contributed by atoms with Gasteiger partial charge in [0.05, 0.1) is 11.3 Å². The molecule has 1 heterocycles. The minimum atomic E-state index is -1.23. The molecule has 0 aliphatic rings. The molecule has 0 spiro atoms. The van der Waals surface area contributed by atoms with Crippen LogP contribution in [0.15, 0.2) is 35.7 Å². The van der Waals surface area contributed by atoms with Crippen molar-refractivity contribution in [2.75, 3.05) is 5.32 Å². The molecule has 6 heteroatoms. The molecule has 0 atom stereocenters. The van der Waals surface area contributed by atoms with Gasteiger partial charge in [-0.05, 0) is 48.2 Å². The summed E-state index contributed by atoms with van der Waals surface area (Å²) in [4.78, 5) is 23.7. The van der Waals surface area contributed by atoms with Crippen molar-refractivity contribution in [3.63, 3.8) is 0 Å². The normalized spacial score (nSPS) is 10.8. The van der Waals surface area contributed by atoms with Crippen LogP contribution < -0.4 is 5.32 Å². The van der Waals surface area contributed by atoms with E-state index in [1.807, 2.05) is 18.4 Å². The third kappa shape index (κ3) is 3.76. The molecular weight excluding hydrogens is 293 g/mol.